The molecule has 0 spiro atoms. The van der Waals surface area contributed by atoms with Crippen LogP contribution < -0.4 is 0 Å². The Morgan fingerprint density at radius 1 is 1.60 bits per heavy atom. The Bertz CT molecular complexity index is 612. The van der Waals surface area contributed by atoms with E-state index in [1.165, 1.54) is 17.5 Å². The highest BCUT2D eigenvalue weighted by molar-refractivity contribution is 9.10. The fourth-order valence-electron chi connectivity index (χ4n) is 1.85. The Labute approximate surface area is 129 Å². The Balaban J connectivity index is 2.34. The van der Waals surface area contributed by atoms with Crippen LogP contribution in [0.4, 0.5) is 0 Å². The molecule has 0 N–H and O–H groups in total. The summed E-state index contributed by atoms with van der Waals surface area (Å²) in [7, 11) is -2.37. The normalized spacial score (nSPS) is 20.9. The lowest BCUT2D eigenvalue weighted by Gasteiger charge is -2.29. The summed E-state index contributed by atoms with van der Waals surface area (Å²) in [6, 6.07) is 1.47. The van der Waals surface area contributed by atoms with Crippen LogP contribution in [0, 0.1) is 0 Å². The van der Waals surface area contributed by atoms with E-state index in [0.29, 0.717) is 24.2 Å². The molecule has 20 heavy (non-hydrogen) atoms. The van der Waals surface area contributed by atoms with Crippen LogP contribution in [0.3, 0.4) is 0 Å². The number of sulfonamides is 1. The first kappa shape index (κ1) is 15.9. The molecule has 1 aliphatic heterocycles. The van der Waals surface area contributed by atoms with E-state index in [2.05, 4.69) is 20.7 Å². The maximum Gasteiger partial charge on any atom is 0.348 e. The molecule has 0 bridgehead atoms. The van der Waals surface area contributed by atoms with Crippen molar-refractivity contribution in [1.82, 2.24) is 4.31 Å². The number of hydrogen-bond donors (Lipinski definition) is 0. The van der Waals surface area contributed by atoms with Gasteiger partial charge in [-0.25, -0.2) is 13.2 Å². The van der Waals surface area contributed by atoms with E-state index in [-0.39, 0.29) is 15.2 Å². The van der Waals surface area contributed by atoms with Gasteiger partial charge in [-0.05, 0) is 28.9 Å². The first-order valence-corrected chi connectivity index (χ1v) is 8.90. The van der Waals surface area contributed by atoms with Gasteiger partial charge in [-0.2, -0.15) is 4.31 Å². The molecule has 1 atom stereocenters. The molecule has 0 aliphatic carbocycles. The maximum absolute atomic E-state index is 12.6. The van der Waals surface area contributed by atoms with Crippen molar-refractivity contribution in [2.75, 3.05) is 26.8 Å². The Hall–Kier alpha value is -0.480. The highest BCUT2D eigenvalue weighted by atomic mass is 79.9. The number of morpholine rings is 1. The molecule has 0 aromatic carbocycles. The second-order valence-corrected chi connectivity index (χ2v) is 8.32. The van der Waals surface area contributed by atoms with Gasteiger partial charge in [0.2, 0.25) is 0 Å². The van der Waals surface area contributed by atoms with Crippen molar-refractivity contribution in [3.05, 3.63) is 15.4 Å². The molecule has 9 heteroatoms. The topological polar surface area (TPSA) is 72.9 Å². The summed E-state index contributed by atoms with van der Waals surface area (Å²) in [5, 5.41) is 0. The van der Waals surface area contributed by atoms with E-state index in [1.807, 2.05) is 6.92 Å². The lowest BCUT2D eigenvalue weighted by molar-refractivity contribution is 0.0102. The molecule has 0 amide bonds. The Morgan fingerprint density at radius 2 is 2.30 bits per heavy atom. The number of carbonyl (C=O) groups is 1. The molecule has 1 fully saturated rings. The number of hydrogen-bond acceptors (Lipinski definition) is 6. The number of halogens is 1. The zero-order valence-corrected chi connectivity index (χ0v) is 14.2. The van der Waals surface area contributed by atoms with Gasteiger partial charge in [0.25, 0.3) is 10.0 Å². The average Bonchev–Trinajstić information content (AvgIpc) is 2.80. The number of methoxy groups -OCH3 is 1. The van der Waals surface area contributed by atoms with Crippen LogP contribution in [0.15, 0.2) is 14.7 Å². The number of esters is 1. The van der Waals surface area contributed by atoms with Crippen LogP contribution in [0.5, 0.6) is 0 Å². The zero-order valence-electron chi connectivity index (χ0n) is 11.0. The fourth-order valence-corrected chi connectivity index (χ4v) is 6.06. The standard InChI is InChI=1S/C11H14BrNO5S2/c1-7-6-13(3-4-18-7)20(15,16)11-8(12)5-9(19-11)10(14)17-2/h5,7H,3-4,6H2,1-2H3. The van der Waals surface area contributed by atoms with Crippen LogP contribution in [0.25, 0.3) is 0 Å². The predicted molar refractivity (Wildman–Crippen MR) is 77.5 cm³/mol. The number of ether oxygens (including phenoxy) is 2. The number of rotatable bonds is 3. The second kappa shape index (κ2) is 6.10. The minimum atomic E-state index is -3.63. The molecule has 1 saturated heterocycles. The third-order valence-corrected chi connectivity index (χ3v) is 7.46. The summed E-state index contributed by atoms with van der Waals surface area (Å²) in [5.41, 5.74) is 0. The summed E-state index contributed by atoms with van der Waals surface area (Å²) in [6.45, 7) is 2.81. The molecule has 2 rings (SSSR count). The molecule has 1 unspecified atom stereocenters. The summed E-state index contributed by atoms with van der Waals surface area (Å²) in [5.74, 6) is -0.549. The summed E-state index contributed by atoms with van der Waals surface area (Å²) < 4.78 is 37.0. The van der Waals surface area contributed by atoms with E-state index in [0.717, 1.165) is 11.3 Å². The smallest absolute Gasteiger partial charge is 0.348 e. The quantitative estimate of drug-likeness (QED) is 0.742. The molecule has 6 nitrogen and oxygen atoms in total. The number of nitrogens with zero attached hydrogens (tertiary/aromatic N) is 1. The van der Waals surface area contributed by atoms with Crippen molar-refractivity contribution in [1.29, 1.82) is 0 Å². The summed E-state index contributed by atoms with van der Waals surface area (Å²) >= 11 is 4.10. The van der Waals surface area contributed by atoms with Crippen LogP contribution in [0.1, 0.15) is 16.6 Å². The van der Waals surface area contributed by atoms with E-state index in [4.69, 9.17) is 4.74 Å². The van der Waals surface area contributed by atoms with Crippen molar-refractivity contribution in [2.45, 2.75) is 17.2 Å². The van der Waals surface area contributed by atoms with Gasteiger partial charge in [-0.1, -0.05) is 0 Å². The van der Waals surface area contributed by atoms with Gasteiger partial charge in [0.15, 0.2) is 0 Å². The van der Waals surface area contributed by atoms with Crippen molar-refractivity contribution >= 4 is 43.3 Å². The lowest BCUT2D eigenvalue weighted by Crippen LogP contribution is -2.44. The van der Waals surface area contributed by atoms with Gasteiger partial charge in [-0.15, -0.1) is 11.3 Å². The SMILES string of the molecule is COC(=O)c1cc(Br)c(S(=O)(=O)N2CCOC(C)C2)s1. The molecule has 0 saturated carbocycles. The molecule has 2 heterocycles. The molecular weight excluding hydrogens is 370 g/mol. The van der Waals surface area contributed by atoms with Crippen LogP contribution in [0.2, 0.25) is 0 Å². The Morgan fingerprint density at radius 3 is 2.90 bits per heavy atom. The van der Waals surface area contributed by atoms with Crippen molar-refractivity contribution in [3.8, 4) is 0 Å². The lowest BCUT2D eigenvalue weighted by atomic mass is 10.3. The van der Waals surface area contributed by atoms with Crippen molar-refractivity contribution in [3.63, 3.8) is 0 Å². The molecule has 112 valence electrons. The monoisotopic (exact) mass is 383 g/mol. The molecular formula is C11H14BrNO5S2. The maximum atomic E-state index is 12.6. The van der Waals surface area contributed by atoms with Gasteiger partial charge >= 0.3 is 5.97 Å². The van der Waals surface area contributed by atoms with E-state index in [1.54, 1.807) is 0 Å². The minimum absolute atomic E-state index is 0.118. The van der Waals surface area contributed by atoms with Crippen LogP contribution in [-0.2, 0) is 19.5 Å². The fraction of sp³-hybridized carbons (Fsp3) is 0.545. The third-order valence-electron chi connectivity index (χ3n) is 2.82. The summed E-state index contributed by atoms with van der Waals surface area (Å²) in [4.78, 5) is 11.7. The average molecular weight is 384 g/mol. The van der Waals surface area contributed by atoms with E-state index >= 15 is 0 Å². The minimum Gasteiger partial charge on any atom is -0.465 e. The van der Waals surface area contributed by atoms with Crippen LogP contribution in [-0.4, -0.2) is 51.6 Å². The van der Waals surface area contributed by atoms with Gasteiger partial charge in [0.1, 0.15) is 9.09 Å². The molecule has 0 radical (unpaired) electrons. The van der Waals surface area contributed by atoms with Crippen molar-refractivity contribution < 1.29 is 22.7 Å². The first-order chi connectivity index (χ1) is 9.36. The molecule has 1 aliphatic rings. The Kier molecular flexibility index (Phi) is 4.85. The zero-order chi connectivity index (χ0) is 14.9. The van der Waals surface area contributed by atoms with Crippen LogP contribution >= 0.6 is 27.3 Å². The number of thiophene rings is 1. The van der Waals surface area contributed by atoms with E-state index in [9.17, 15) is 13.2 Å². The van der Waals surface area contributed by atoms with Gasteiger partial charge in [0.05, 0.1) is 19.8 Å². The third kappa shape index (κ3) is 3.06. The van der Waals surface area contributed by atoms with Crippen molar-refractivity contribution in [2.24, 2.45) is 0 Å². The van der Waals surface area contributed by atoms with Gasteiger partial charge in [0, 0.05) is 17.6 Å². The highest BCUT2D eigenvalue weighted by Gasteiger charge is 2.33. The highest BCUT2D eigenvalue weighted by Crippen LogP contribution is 2.34. The largest absolute Gasteiger partial charge is 0.465 e. The first-order valence-electron chi connectivity index (χ1n) is 5.85. The van der Waals surface area contributed by atoms with Gasteiger partial charge < -0.3 is 9.47 Å². The van der Waals surface area contributed by atoms with E-state index < -0.39 is 16.0 Å². The number of carbonyl (C=O) groups excluding carboxylic acids is 1. The van der Waals surface area contributed by atoms with Gasteiger partial charge in [-0.3, -0.25) is 0 Å². The summed E-state index contributed by atoms with van der Waals surface area (Å²) in [6.07, 6.45) is -0.141. The molecule has 1 aromatic rings. The molecule has 1 aromatic heterocycles. The predicted octanol–water partition coefficient (Wildman–Crippen LogP) is 1.71. The second-order valence-electron chi connectivity index (χ2n) is 4.28.